The maximum absolute atomic E-state index is 12.0. The molecule has 2 N–H and O–H groups in total. The molecule has 0 saturated heterocycles. The van der Waals surface area contributed by atoms with Crippen LogP contribution in [0.15, 0.2) is 65.3 Å². The van der Waals surface area contributed by atoms with Gasteiger partial charge in [0.2, 0.25) is 5.91 Å². The van der Waals surface area contributed by atoms with Crippen LogP contribution < -0.4 is 10.6 Å². The first-order valence-electron chi connectivity index (χ1n) is 9.26. The molecular weight excluding hydrogens is 398 g/mol. The van der Waals surface area contributed by atoms with Gasteiger partial charge >= 0.3 is 0 Å². The number of furan rings is 1. The Balaban J connectivity index is 1.48. The van der Waals surface area contributed by atoms with Gasteiger partial charge in [0.15, 0.2) is 5.11 Å². The van der Waals surface area contributed by atoms with Gasteiger partial charge in [0, 0.05) is 11.8 Å². The molecule has 0 bridgehead atoms. The first-order chi connectivity index (χ1) is 14.5. The fourth-order valence-electron chi connectivity index (χ4n) is 2.85. The van der Waals surface area contributed by atoms with Crippen LogP contribution in [0, 0.1) is 13.8 Å². The van der Waals surface area contributed by atoms with E-state index in [1.165, 1.54) is 17.9 Å². The highest BCUT2D eigenvalue weighted by atomic mass is 32.1. The average molecular weight is 417 g/mol. The molecule has 0 fully saturated rings. The van der Waals surface area contributed by atoms with E-state index in [4.69, 9.17) is 16.6 Å². The maximum atomic E-state index is 12.0. The summed E-state index contributed by atoms with van der Waals surface area (Å²) in [6.45, 7) is 3.97. The smallest absolute Gasteiger partial charge is 0.250 e. The van der Waals surface area contributed by atoms with E-state index in [0.717, 1.165) is 28.0 Å². The summed E-state index contributed by atoms with van der Waals surface area (Å²) in [4.78, 5) is 13.6. The number of carbonyl (C=O) groups excluding carboxylic acids is 1. The molecule has 7 nitrogen and oxygen atoms in total. The molecular formula is C22H19N5O2S. The number of amides is 1. The second kappa shape index (κ2) is 8.30. The maximum Gasteiger partial charge on any atom is 0.250 e. The largest absolute Gasteiger partial charge is 0.465 e. The summed E-state index contributed by atoms with van der Waals surface area (Å²) in [5.74, 6) is 0.231. The highest BCUT2D eigenvalue weighted by molar-refractivity contribution is 7.80. The van der Waals surface area contributed by atoms with Crippen molar-refractivity contribution in [2.24, 2.45) is 0 Å². The van der Waals surface area contributed by atoms with Gasteiger partial charge in [0.1, 0.15) is 16.8 Å². The van der Waals surface area contributed by atoms with Crippen LogP contribution in [0.1, 0.15) is 16.9 Å². The molecule has 150 valence electrons. The van der Waals surface area contributed by atoms with E-state index >= 15 is 0 Å². The van der Waals surface area contributed by atoms with Crippen molar-refractivity contribution < 1.29 is 9.21 Å². The quantitative estimate of drug-likeness (QED) is 0.383. The van der Waals surface area contributed by atoms with E-state index < -0.39 is 0 Å². The fourth-order valence-corrected chi connectivity index (χ4v) is 3.06. The van der Waals surface area contributed by atoms with Gasteiger partial charge in [-0.25, -0.2) is 0 Å². The summed E-state index contributed by atoms with van der Waals surface area (Å²) in [5, 5.41) is 15.0. The van der Waals surface area contributed by atoms with Crippen molar-refractivity contribution in [3.8, 4) is 5.69 Å². The van der Waals surface area contributed by atoms with Crippen molar-refractivity contribution >= 4 is 46.0 Å². The molecule has 0 saturated carbocycles. The van der Waals surface area contributed by atoms with Crippen molar-refractivity contribution in [3.63, 3.8) is 0 Å². The van der Waals surface area contributed by atoms with Crippen LogP contribution >= 0.6 is 12.2 Å². The Morgan fingerprint density at radius 2 is 1.83 bits per heavy atom. The lowest BCUT2D eigenvalue weighted by Gasteiger charge is -2.10. The van der Waals surface area contributed by atoms with Gasteiger partial charge in [0.25, 0.3) is 0 Å². The normalized spacial score (nSPS) is 11.1. The second-order valence-corrected chi connectivity index (χ2v) is 7.18. The molecule has 4 rings (SSSR count). The zero-order valence-electron chi connectivity index (χ0n) is 16.4. The molecule has 2 aromatic heterocycles. The van der Waals surface area contributed by atoms with E-state index in [1.807, 2.05) is 50.2 Å². The van der Waals surface area contributed by atoms with Crippen molar-refractivity contribution in [2.45, 2.75) is 13.8 Å². The monoisotopic (exact) mass is 417 g/mol. The number of hydrogen-bond donors (Lipinski definition) is 2. The Morgan fingerprint density at radius 3 is 2.53 bits per heavy atom. The SMILES string of the molecule is Cc1ccc(-n2nc3cc(C)c(NC(=S)NC(=O)/C=C/c4ccco4)cc3n2)cc1. The first kappa shape index (κ1) is 19.5. The Morgan fingerprint density at radius 1 is 1.10 bits per heavy atom. The standard InChI is InChI=1S/C22H19N5O2S/c1-14-5-7-16(8-6-14)27-25-19-12-15(2)18(13-20(19)26-27)23-22(30)24-21(28)10-9-17-4-3-11-29-17/h3-13H,1-2H3,(H2,23,24,28,30)/b10-9+. The molecule has 0 radical (unpaired) electrons. The van der Waals surface area contributed by atoms with Gasteiger partial charge in [-0.2, -0.15) is 4.80 Å². The summed E-state index contributed by atoms with van der Waals surface area (Å²) < 4.78 is 5.15. The van der Waals surface area contributed by atoms with Gasteiger partial charge in [0.05, 0.1) is 12.0 Å². The number of carbonyl (C=O) groups is 1. The van der Waals surface area contributed by atoms with E-state index in [-0.39, 0.29) is 11.0 Å². The third-order valence-corrected chi connectivity index (χ3v) is 4.62. The lowest BCUT2D eigenvalue weighted by atomic mass is 10.2. The van der Waals surface area contributed by atoms with Gasteiger partial charge in [-0.3, -0.25) is 10.1 Å². The number of benzene rings is 2. The van der Waals surface area contributed by atoms with Crippen molar-refractivity contribution in [2.75, 3.05) is 5.32 Å². The molecule has 30 heavy (non-hydrogen) atoms. The topological polar surface area (TPSA) is 85.0 Å². The van der Waals surface area contributed by atoms with Gasteiger partial charge in [-0.15, -0.1) is 10.2 Å². The van der Waals surface area contributed by atoms with Crippen LogP contribution in [0.3, 0.4) is 0 Å². The van der Waals surface area contributed by atoms with Crippen molar-refractivity contribution in [1.82, 2.24) is 20.3 Å². The zero-order chi connectivity index (χ0) is 21.1. The number of thiocarbonyl (C=S) groups is 1. The number of fused-ring (bicyclic) bond motifs is 1. The number of nitrogens with zero attached hydrogens (tertiary/aromatic N) is 3. The Bertz CT molecular complexity index is 1240. The van der Waals surface area contributed by atoms with E-state index in [1.54, 1.807) is 23.0 Å². The minimum absolute atomic E-state index is 0.192. The van der Waals surface area contributed by atoms with Crippen molar-refractivity contribution in [1.29, 1.82) is 0 Å². The van der Waals surface area contributed by atoms with Crippen molar-refractivity contribution in [3.05, 3.63) is 77.8 Å². The summed E-state index contributed by atoms with van der Waals surface area (Å²) >= 11 is 5.26. The molecule has 0 spiro atoms. The fraction of sp³-hybridized carbons (Fsp3) is 0.0909. The van der Waals surface area contributed by atoms with Crippen LogP contribution in [0.25, 0.3) is 22.8 Å². The van der Waals surface area contributed by atoms with E-state index in [9.17, 15) is 4.79 Å². The van der Waals surface area contributed by atoms with Gasteiger partial charge in [-0.1, -0.05) is 17.7 Å². The molecule has 0 aliphatic heterocycles. The number of hydrogen-bond acceptors (Lipinski definition) is 5. The molecule has 1 amide bonds. The second-order valence-electron chi connectivity index (χ2n) is 6.77. The number of rotatable bonds is 4. The Hall–Kier alpha value is -3.78. The van der Waals surface area contributed by atoms with Crippen LogP contribution in [-0.4, -0.2) is 26.0 Å². The molecule has 0 atom stereocenters. The molecule has 0 aliphatic rings. The van der Waals surface area contributed by atoms with E-state index in [0.29, 0.717) is 5.76 Å². The summed E-state index contributed by atoms with van der Waals surface area (Å²) in [6, 6.07) is 15.3. The number of anilines is 1. The first-order valence-corrected chi connectivity index (χ1v) is 9.67. The highest BCUT2D eigenvalue weighted by Crippen LogP contribution is 2.22. The Kier molecular flexibility index (Phi) is 5.40. The zero-order valence-corrected chi connectivity index (χ0v) is 17.2. The molecule has 2 heterocycles. The minimum Gasteiger partial charge on any atom is -0.465 e. The number of aryl methyl sites for hydroxylation is 2. The number of nitrogens with one attached hydrogen (secondary N) is 2. The predicted molar refractivity (Wildman–Crippen MR) is 120 cm³/mol. The van der Waals surface area contributed by atoms with Crippen LogP contribution in [0.5, 0.6) is 0 Å². The van der Waals surface area contributed by atoms with Gasteiger partial charge in [-0.05, 0) is 74.1 Å². The molecule has 2 aromatic carbocycles. The van der Waals surface area contributed by atoms with E-state index in [2.05, 4.69) is 20.8 Å². The summed E-state index contributed by atoms with van der Waals surface area (Å²) in [6.07, 6.45) is 4.46. The highest BCUT2D eigenvalue weighted by Gasteiger charge is 2.10. The van der Waals surface area contributed by atoms with Crippen LogP contribution in [0.2, 0.25) is 0 Å². The summed E-state index contributed by atoms with van der Waals surface area (Å²) in [5.41, 5.74) is 5.23. The molecule has 4 aromatic rings. The molecule has 8 heteroatoms. The third-order valence-electron chi connectivity index (χ3n) is 4.42. The predicted octanol–water partition coefficient (Wildman–Crippen LogP) is 4.16. The molecule has 0 unspecified atom stereocenters. The minimum atomic E-state index is -0.354. The Labute approximate surface area is 178 Å². The average Bonchev–Trinajstić information content (AvgIpc) is 3.37. The van der Waals surface area contributed by atoms with Crippen LogP contribution in [-0.2, 0) is 4.79 Å². The van der Waals surface area contributed by atoms with Gasteiger partial charge < -0.3 is 9.73 Å². The number of aromatic nitrogens is 3. The lowest BCUT2D eigenvalue weighted by Crippen LogP contribution is -2.33. The van der Waals surface area contributed by atoms with Crippen LogP contribution in [0.4, 0.5) is 5.69 Å². The summed E-state index contributed by atoms with van der Waals surface area (Å²) in [7, 11) is 0. The lowest BCUT2D eigenvalue weighted by molar-refractivity contribution is -0.115. The third kappa shape index (κ3) is 4.44. The molecule has 0 aliphatic carbocycles.